The van der Waals surface area contributed by atoms with Crippen molar-refractivity contribution in [1.29, 1.82) is 0 Å². The fraction of sp³-hybridized carbons (Fsp3) is 0. The SMILES string of the molecule is C=C/C=C1/C(=O)c2nc(-c3ccccc3)oc2C(=O)/C1=C/C=C. The van der Waals surface area contributed by atoms with E-state index in [9.17, 15) is 9.59 Å². The molecule has 1 aromatic heterocycles. The van der Waals surface area contributed by atoms with Gasteiger partial charge in [-0.1, -0.05) is 55.7 Å². The highest BCUT2D eigenvalue weighted by atomic mass is 16.4. The highest BCUT2D eigenvalue weighted by molar-refractivity contribution is 6.29. The van der Waals surface area contributed by atoms with Crippen molar-refractivity contribution in [2.45, 2.75) is 0 Å². The van der Waals surface area contributed by atoms with Crippen molar-refractivity contribution in [2.75, 3.05) is 0 Å². The molecule has 0 amide bonds. The van der Waals surface area contributed by atoms with E-state index in [1.165, 1.54) is 24.3 Å². The molecule has 0 fully saturated rings. The average Bonchev–Trinajstić information content (AvgIpc) is 3.02. The summed E-state index contributed by atoms with van der Waals surface area (Å²) in [5, 5.41) is 0. The largest absolute Gasteiger partial charge is 0.432 e. The zero-order valence-corrected chi connectivity index (χ0v) is 12.3. The van der Waals surface area contributed by atoms with Crippen LogP contribution in [0, 0.1) is 0 Å². The number of carbonyl (C=O) groups is 2. The average molecular weight is 303 g/mol. The standard InChI is InChI=1S/C19H13NO3/c1-3-8-13-14(9-4-2)17(22)18-15(16(13)21)20-19(23-18)12-10-6-5-7-11-12/h3-11H,1-2H2/b13-8+,14-9+. The van der Waals surface area contributed by atoms with Crippen LogP contribution in [0.4, 0.5) is 0 Å². The van der Waals surface area contributed by atoms with E-state index in [-0.39, 0.29) is 40.1 Å². The van der Waals surface area contributed by atoms with Gasteiger partial charge in [0.15, 0.2) is 5.69 Å². The quantitative estimate of drug-likeness (QED) is 0.806. The Morgan fingerprint density at radius 2 is 1.52 bits per heavy atom. The van der Waals surface area contributed by atoms with Gasteiger partial charge in [0.1, 0.15) is 0 Å². The number of rotatable bonds is 3. The number of hydrogen-bond donors (Lipinski definition) is 0. The van der Waals surface area contributed by atoms with Crippen LogP contribution < -0.4 is 0 Å². The van der Waals surface area contributed by atoms with E-state index in [0.717, 1.165) is 0 Å². The lowest BCUT2D eigenvalue weighted by Crippen LogP contribution is -2.22. The number of benzene rings is 1. The second-order valence-electron chi connectivity index (χ2n) is 4.85. The van der Waals surface area contributed by atoms with Gasteiger partial charge in [0.25, 0.3) is 0 Å². The summed E-state index contributed by atoms with van der Waals surface area (Å²) in [5.41, 5.74) is 1.20. The number of ketones is 2. The molecule has 0 atom stereocenters. The summed E-state index contributed by atoms with van der Waals surface area (Å²) in [6.07, 6.45) is 5.90. The minimum Gasteiger partial charge on any atom is -0.432 e. The molecular formula is C19H13NO3. The Bertz CT molecular complexity index is 829. The van der Waals surface area contributed by atoms with Gasteiger partial charge in [0.2, 0.25) is 23.2 Å². The molecule has 0 spiro atoms. The Morgan fingerprint density at radius 3 is 2.13 bits per heavy atom. The monoisotopic (exact) mass is 303 g/mol. The summed E-state index contributed by atoms with van der Waals surface area (Å²) in [7, 11) is 0. The maximum absolute atomic E-state index is 12.6. The normalized spacial score (nSPS) is 17.4. The van der Waals surface area contributed by atoms with Crippen LogP contribution in [0.5, 0.6) is 0 Å². The van der Waals surface area contributed by atoms with Crippen LogP contribution >= 0.6 is 0 Å². The summed E-state index contributed by atoms with van der Waals surface area (Å²) in [6.45, 7) is 7.16. The van der Waals surface area contributed by atoms with Gasteiger partial charge in [-0.25, -0.2) is 4.98 Å². The molecule has 1 aliphatic carbocycles. The highest BCUT2D eigenvalue weighted by Gasteiger charge is 2.37. The topological polar surface area (TPSA) is 60.2 Å². The molecule has 1 heterocycles. The second-order valence-corrected chi connectivity index (χ2v) is 4.85. The molecule has 23 heavy (non-hydrogen) atoms. The minimum absolute atomic E-state index is 0.0307. The third-order valence-corrected chi connectivity index (χ3v) is 3.42. The summed E-state index contributed by atoms with van der Waals surface area (Å²) < 4.78 is 5.57. The van der Waals surface area contributed by atoms with Crippen LogP contribution in [0.1, 0.15) is 21.0 Å². The van der Waals surface area contributed by atoms with E-state index in [1.54, 1.807) is 12.1 Å². The second kappa shape index (κ2) is 5.85. The predicted molar refractivity (Wildman–Crippen MR) is 87.2 cm³/mol. The number of nitrogens with zero attached hydrogens (tertiary/aromatic N) is 1. The van der Waals surface area contributed by atoms with E-state index in [1.807, 2.05) is 18.2 Å². The number of allylic oxidation sites excluding steroid dienone is 6. The molecule has 0 bridgehead atoms. The first-order valence-corrected chi connectivity index (χ1v) is 6.98. The fourth-order valence-corrected chi connectivity index (χ4v) is 2.39. The van der Waals surface area contributed by atoms with Crippen molar-refractivity contribution in [1.82, 2.24) is 4.98 Å². The van der Waals surface area contributed by atoms with E-state index < -0.39 is 0 Å². The van der Waals surface area contributed by atoms with Gasteiger partial charge >= 0.3 is 0 Å². The van der Waals surface area contributed by atoms with Crippen molar-refractivity contribution in [3.63, 3.8) is 0 Å². The molecule has 0 unspecified atom stereocenters. The maximum Gasteiger partial charge on any atom is 0.231 e. The summed E-state index contributed by atoms with van der Waals surface area (Å²) in [6, 6.07) is 9.11. The molecule has 0 radical (unpaired) electrons. The van der Waals surface area contributed by atoms with Crippen LogP contribution in [0.15, 0.2) is 83.4 Å². The number of carbonyl (C=O) groups excluding carboxylic acids is 2. The first kappa shape index (κ1) is 14.7. The van der Waals surface area contributed by atoms with Crippen molar-refractivity contribution >= 4 is 11.6 Å². The van der Waals surface area contributed by atoms with Crippen molar-refractivity contribution in [3.8, 4) is 11.5 Å². The van der Waals surface area contributed by atoms with E-state index in [4.69, 9.17) is 4.42 Å². The van der Waals surface area contributed by atoms with Crippen molar-refractivity contribution in [2.24, 2.45) is 0 Å². The number of aromatic nitrogens is 1. The van der Waals surface area contributed by atoms with Crippen LogP contribution in [-0.2, 0) is 0 Å². The molecule has 1 aromatic carbocycles. The first-order chi connectivity index (χ1) is 11.2. The van der Waals surface area contributed by atoms with Gasteiger partial charge in [-0.3, -0.25) is 9.59 Å². The van der Waals surface area contributed by atoms with Gasteiger partial charge in [-0.15, -0.1) is 0 Å². The maximum atomic E-state index is 12.6. The van der Waals surface area contributed by atoms with Gasteiger partial charge in [-0.2, -0.15) is 0 Å². The lowest BCUT2D eigenvalue weighted by Gasteiger charge is -2.13. The van der Waals surface area contributed by atoms with Gasteiger partial charge < -0.3 is 4.42 Å². The van der Waals surface area contributed by atoms with E-state index in [2.05, 4.69) is 18.1 Å². The minimum atomic E-state index is -0.387. The van der Waals surface area contributed by atoms with Crippen molar-refractivity contribution in [3.05, 3.63) is 90.4 Å². The lowest BCUT2D eigenvalue weighted by atomic mass is 9.88. The molecule has 2 aromatic rings. The fourth-order valence-electron chi connectivity index (χ4n) is 2.39. The predicted octanol–water partition coefficient (Wildman–Crippen LogP) is 3.95. The van der Waals surface area contributed by atoms with Crippen LogP contribution in [0.25, 0.3) is 11.5 Å². The van der Waals surface area contributed by atoms with Crippen molar-refractivity contribution < 1.29 is 14.0 Å². The Kier molecular flexibility index (Phi) is 3.73. The third-order valence-electron chi connectivity index (χ3n) is 3.42. The molecule has 0 saturated carbocycles. The van der Waals surface area contributed by atoms with Crippen LogP contribution in [-0.4, -0.2) is 16.6 Å². The zero-order chi connectivity index (χ0) is 16.4. The number of fused-ring (bicyclic) bond motifs is 1. The summed E-state index contributed by atoms with van der Waals surface area (Å²) in [4.78, 5) is 29.4. The highest BCUT2D eigenvalue weighted by Crippen LogP contribution is 2.32. The molecule has 0 N–H and O–H groups in total. The summed E-state index contributed by atoms with van der Waals surface area (Å²) >= 11 is 0. The Morgan fingerprint density at radius 1 is 0.913 bits per heavy atom. The Hall–Kier alpha value is -3.27. The van der Waals surface area contributed by atoms with E-state index in [0.29, 0.717) is 5.56 Å². The molecular weight excluding hydrogens is 290 g/mol. The van der Waals surface area contributed by atoms with Crippen LogP contribution in [0.3, 0.4) is 0 Å². The van der Waals surface area contributed by atoms with Gasteiger partial charge in [-0.05, 0) is 12.1 Å². The van der Waals surface area contributed by atoms with Gasteiger partial charge in [0.05, 0.1) is 0 Å². The van der Waals surface area contributed by atoms with Crippen LogP contribution in [0.2, 0.25) is 0 Å². The number of hydrogen-bond acceptors (Lipinski definition) is 4. The van der Waals surface area contributed by atoms with E-state index >= 15 is 0 Å². The molecule has 0 saturated heterocycles. The Balaban J connectivity index is 2.20. The molecule has 1 aliphatic rings. The lowest BCUT2D eigenvalue weighted by molar-refractivity contribution is 0.0953. The number of oxazole rings is 1. The zero-order valence-electron chi connectivity index (χ0n) is 12.3. The molecule has 112 valence electrons. The van der Waals surface area contributed by atoms with Gasteiger partial charge in [0, 0.05) is 16.7 Å². The smallest absolute Gasteiger partial charge is 0.231 e. The molecule has 4 nitrogen and oxygen atoms in total. The third kappa shape index (κ3) is 2.40. The first-order valence-electron chi connectivity index (χ1n) is 6.98. The number of Topliss-reactive ketones (excluding diaryl/α,β-unsaturated/α-hetero) is 2. The summed E-state index contributed by atoms with van der Waals surface area (Å²) in [5.74, 6) is -0.543. The Labute approximate surface area is 133 Å². The molecule has 3 rings (SSSR count). The molecule has 0 aliphatic heterocycles. The molecule has 4 heteroatoms.